The average molecular weight is 501 g/mol. The van der Waals surface area contributed by atoms with Crippen LogP contribution in [0, 0.1) is 20.8 Å². The predicted molar refractivity (Wildman–Crippen MR) is 133 cm³/mol. The van der Waals surface area contributed by atoms with Crippen LogP contribution in [-0.2, 0) is 19.6 Å². The number of benzene rings is 3. The molecule has 3 aromatic carbocycles. The Morgan fingerprint density at radius 1 is 1.00 bits per heavy atom. The highest BCUT2D eigenvalue weighted by Crippen LogP contribution is 2.30. The summed E-state index contributed by atoms with van der Waals surface area (Å²) in [4.78, 5) is 25.1. The maximum absolute atomic E-state index is 13.6. The second kappa shape index (κ2) is 10.3. The van der Waals surface area contributed by atoms with Gasteiger partial charge in [-0.15, -0.1) is 0 Å². The molecular weight excluding hydrogens is 476 g/mol. The molecule has 9 heteroatoms. The van der Waals surface area contributed by atoms with Crippen LogP contribution in [0.2, 0.25) is 5.02 Å². The number of ether oxygens (including phenoxy) is 1. The lowest BCUT2D eigenvalue weighted by molar-refractivity contribution is -0.114. The molecule has 0 aliphatic carbocycles. The van der Waals surface area contributed by atoms with Crippen LogP contribution in [0.4, 0.5) is 11.4 Å². The van der Waals surface area contributed by atoms with Crippen LogP contribution >= 0.6 is 11.6 Å². The first-order chi connectivity index (χ1) is 16.0. The Bertz CT molecular complexity index is 1340. The van der Waals surface area contributed by atoms with Crippen molar-refractivity contribution in [3.63, 3.8) is 0 Å². The lowest BCUT2D eigenvalue weighted by atomic mass is 10.1. The highest BCUT2D eigenvalue weighted by atomic mass is 35.5. The molecule has 0 spiro atoms. The zero-order valence-corrected chi connectivity index (χ0v) is 20.8. The number of halogens is 1. The Labute approximate surface area is 204 Å². The van der Waals surface area contributed by atoms with Gasteiger partial charge in [0, 0.05) is 10.7 Å². The molecule has 0 aliphatic rings. The summed E-state index contributed by atoms with van der Waals surface area (Å²) in [5.74, 6) is -1.12. The first kappa shape index (κ1) is 25.3. The molecule has 178 valence electrons. The molecule has 3 aromatic rings. The van der Waals surface area contributed by atoms with E-state index in [0.717, 1.165) is 9.87 Å². The number of carbonyl (C=O) groups is 2. The minimum atomic E-state index is -4.09. The highest BCUT2D eigenvalue weighted by molar-refractivity contribution is 7.92. The van der Waals surface area contributed by atoms with E-state index in [2.05, 4.69) is 5.32 Å². The van der Waals surface area contributed by atoms with Crippen LogP contribution in [0.3, 0.4) is 0 Å². The molecular formula is C25H25ClN2O5S. The number of amides is 1. The molecule has 0 aliphatic heterocycles. The Morgan fingerprint density at radius 2 is 1.68 bits per heavy atom. The molecule has 0 bridgehead atoms. The minimum Gasteiger partial charge on any atom is -0.465 e. The van der Waals surface area contributed by atoms with Crippen LogP contribution < -0.4 is 9.62 Å². The largest absolute Gasteiger partial charge is 0.465 e. The van der Waals surface area contributed by atoms with Crippen molar-refractivity contribution >= 4 is 44.9 Å². The molecule has 34 heavy (non-hydrogen) atoms. The summed E-state index contributed by atoms with van der Waals surface area (Å²) in [7, 11) is -2.82. The molecule has 0 aromatic heterocycles. The second-order valence-corrected chi connectivity index (χ2v) is 10.1. The van der Waals surface area contributed by atoms with Gasteiger partial charge in [-0.1, -0.05) is 41.4 Å². The van der Waals surface area contributed by atoms with Gasteiger partial charge >= 0.3 is 5.97 Å². The molecule has 0 atom stereocenters. The van der Waals surface area contributed by atoms with Crippen LogP contribution in [0.1, 0.15) is 27.0 Å². The van der Waals surface area contributed by atoms with E-state index in [-0.39, 0.29) is 4.90 Å². The van der Waals surface area contributed by atoms with Crippen LogP contribution in [0.25, 0.3) is 0 Å². The van der Waals surface area contributed by atoms with E-state index in [4.69, 9.17) is 16.3 Å². The maximum atomic E-state index is 13.6. The number of nitrogens with zero attached hydrogens (tertiary/aromatic N) is 1. The number of anilines is 2. The van der Waals surface area contributed by atoms with Gasteiger partial charge in [0.05, 0.1) is 23.3 Å². The third kappa shape index (κ3) is 5.40. The average Bonchev–Trinajstić information content (AvgIpc) is 2.80. The van der Waals surface area contributed by atoms with E-state index < -0.39 is 28.4 Å². The summed E-state index contributed by atoms with van der Waals surface area (Å²) in [5.41, 5.74) is 3.02. The maximum Gasteiger partial charge on any atom is 0.338 e. The molecule has 1 N–H and O–H groups in total. The number of hydrogen-bond donors (Lipinski definition) is 1. The van der Waals surface area contributed by atoms with E-state index in [1.54, 1.807) is 56.3 Å². The van der Waals surface area contributed by atoms with Gasteiger partial charge in [0.25, 0.3) is 10.0 Å². The topological polar surface area (TPSA) is 92.8 Å². The molecule has 0 unspecified atom stereocenters. The summed E-state index contributed by atoms with van der Waals surface area (Å²) in [6, 6.07) is 16.1. The molecule has 0 fully saturated rings. The minimum absolute atomic E-state index is 0.0501. The molecule has 0 heterocycles. The van der Waals surface area contributed by atoms with Gasteiger partial charge in [0.2, 0.25) is 5.91 Å². The van der Waals surface area contributed by atoms with Crippen molar-refractivity contribution in [2.45, 2.75) is 25.7 Å². The third-order valence-electron chi connectivity index (χ3n) is 5.35. The number of carbonyl (C=O) groups excluding carboxylic acids is 2. The number of sulfonamides is 1. The normalized spacial score (nSPS) is 11.1. The Kier molecular flexibility index (Phi) is 7.64. The molecule has 7 nitrogen and oxygen atoms in total. The van der Waals surface area contributed by atoms with Crippen LogP contribution in [0.15, 0.2) is 65.6 Å². The highest BCUT2D eigenvalue weighted by Gasteiger charge is 2.29. The van der Waals surface area contributed by atoms with Crippen molar-refractivity contribution in [1.82, 2.24) is 0 Å². The Hall–Kier alpha value is -3.36. The molecule has 1 amide bonds. The monoisotopic (exact) mass is 500 g/mol. The third-order valence-corrected chi connectivity index (χ3v) is 7.36. The zero-order valence-electron chi connectivity index (χ0n) is 19.3. The van der Waals surface area contributed by atoms with E-state index in [9.17, 15) is 18.0 Å². The van der Waals surface area contributed by atoms with E-state index in [0.29, 0.717) is 33.1 Å². The van der Waals surface area contributed by atoms with Gasteiger partial charge in [-0.05, 0) is 68.3 Å². The van der Waals surface area contributed by atoms with E-state index in [1.165, 1.54) is 25.3 Å². The van der Waals surface area contributed by atoms with Gasteiger partial charge in [-0.25, -0.2) is 13.2 Å². The van der Waals surface area contributed by atoms with Crippen molar-refractivity contribution in [3.05, 3.63) is 87.9 Å². The summed E-state index contributed by atoms with van der Waals surface area (Å²) in [5, 5.41) is 3.05. The molecule has 3 rings (SSSR count). The predicted octanol–water partition coefficient (Wildman–Crippen LogP) is 4.89. The summed E-state index contributed by atoms with van der Waals surface area (Å²) >= 11 is 6.16. The number of rotatable bonds is 7. The van der Waals surface area contributed by atoms with Gasteiger partial charge in [0.1, 0.15) is 6.54 Å². The number of hydrogen-bond acceptors (Lipinski definition) is 5. The fourth-order valence-electron chi connectivity index (χ4n) is 3.41. The van der Waals surface area contributed by atoms with Crippen molar-refractivity contribution in [2.24, 2.45) is 0 Å². The van der Waals surface area contributed by atoms with Crippen molar-refractivity contribution in [1.29, 1.82) is 0 Å². The molecule has 0 radical (unpaired) electrons. The summed E-state index contributed by atoms with van der Waals surface area (Å²) < 4.78 is 33.0. The lowest BCUT2D eigenvalue weighted by Crippen LogP contribution is -2.38. The lowest BCUT2D eigenvalue weighted by Gasteiger charge is -2.26. The van der Waals surface area contributed by atoms with Gasteiger partial charge < -0.3 is 10.1 Å². The zero-order chi connectivity index (χ0) is 25.0. The Balaban J connectivity index is 2.00. The summed E-state index contributed by atoms with van der Waals surface area (Å²) in [6.45, 7) is 4.77. The second-order valence-electron chi connectivity index (χ2n) is 7.77. The van der Waals surface area contributed by atoms with Crippen molar-refractivity contribution < 1.29 is 22.7 Å². The van der Waals surface area contributed by atoms with Gasteiger partial charge in [-0.3, -0.25) is 9.10 Å². The van der Waals surface area contributed by atoms with Crippen molar-refractivity contribution in [3.8, 4) is 0 Å². The van der Waals surface area contributed by atoms with Crippen LogP contribution in [0.5, 0.6) is 0 Å². The SMILES string of the molecule is COC(=O)c1cccc(NC(=O)CN(c2cc(Cl)ccc2C)S(=O)(=O)c2ccc(C)cc2)c1C. The van der Waals surface area contributed by atoms with Gasteiger partial charge in [-0.2, -0.15) is 0 Å². The number of aryl methyl sites for hydroxylation is 2. The first-order valence-corrected chi connectivity index (χ1v) is 12.2. The smallest absolute Gasteiger partial charge is 0.338 e. The van der Waals surface area contributed by atoms with Gasteiger partial charge in [0.15, 0.2) is 0 Å². The van der Waals surface area contributed by atoms with Crippen molar-refractivity contribution in [2.75, 3.05) is 23.3 Å². The number of esters is 1. The standard InChI is InChI=1S/C25H25ClN2O5S/c1-16-8-12-20(13-9-16)34(31,32)28(23-14-19(26)11-10-17(23)2)15-24(29)27-22-7-5-6-21(18(22)3)25(30)33-4/h5-14H,15H2,1-4H3,(H,27,29). The summed E-state index contributed by atoms with van der Waals surface area (Å²) in [6.07, 6.45) is 0. The number of nitrogens with one attached hydrogen (secondary N) is 1. The van der Waals surface area contributed by atoms with E-state index >= 15 is 0 Å². The van der Waals surface area contributed by atoms with Crippen LogP contribution in [-0.4, -0.2) is 33.9 Å². The molecule has 0 saturated carbocycles. The van der Waals surface area contributed by atoms with E-state index in [1.807, 2.05) is 6.92 Å². The quantitative estimate of drug-likeness (QED) is 0.466. The number of methoxy groups -OCH3 is 1. The fourth-order valence-corrected chi connectivity index (χ4v) is 5.05. The first-order valence-electron chi connectivity index (χ1n) is 10.4. The molecule has 0 saturated heterocycles. The Morgan fingerprint density at radius 3 is 2.32 bits per heavy atom. The fraction of sp³-hybridized carbons (Fsp3) is 0.200.